The van der Waals surface area contributed by atoms with Gasteiger partial charge in [-0.15, -0.1) is 0 Å². The highest BCUT2D eigenvalue weighted by atomic mass is 16.1. The summed E-state index contributed by atoms with van der Waals surface area (Å²) in [5, 5.41) is 5.37. The Balaban J connectivity index is 1.65. The van der Waals surface area contributed by atoms with Crippen molar-refractivity contribution >= 4 is 16.7 Å². The second kappa shape index (κ2) is 5.61. The van der Waals surface area contributed by atoms with Crippen molar-refractivity contribution in [3.8, 4) is 0 Å². The fourth-order valence-electron chi connectivity index (χ4n) is 2.59. The minimum atomic E-state index is 0.0259. The zero-order valence-electron chi connectivity index (χ0n) is 11.5. The summed E-state index contributed by atoms with van der Waals surface area (Å²) in [5.74, 6) is 0.0497. The zero-order valence-corrected chi connectivity index (χ0v) is 11.5. The zero-order chi connectivity index (χ0) is 13.9. The van der Waals surface area contributed by atoms with E-state index in [1.54, 1.807) is 0 Å². The van der Waals surface area contributed by atoms with Gasteiger partial charge in [-0.25, -0.2) is 5.43 Å². The van der Waals surface area contributed by atoms with Crippen LogP contribution < -0.4 is 16.2 Å². The molecule has 1 heterocycles. The van der Waals surface area contributed by atoms with Crippen LogP contribution in [0.4, 0.5) is 0 Å². The smallest absolute Gasteiger partial charge is 0.225 e. The predicted molar refractivity (Wildman–Crippen MR) is 79.9 cm³/mol. The third-order valence-corrected chi connectivity index (χ3v) is 3.61. The summed E-state index contributed by atoms with van der Waals surface area (Å²) >= 11 is 0. The normalized spacial score (nSPS) is 22.1. The lowest BCUT2D eigenvalue weighted by Crippen LogP contribution is -2.44. The van der Waals surface area contributed by atoms with Gasteiger partial charge in [-0.1, -0.05) is 42.5 Å². The Morgan fingerprint density at radius 3 is 2.75 bits per heavy atom. The first-order valence-corrected chi connectivity index (χ1v) is 6.99. The Kier molecular flexibility index (Phi) is 3.67. The maximum absolute atomic E-state index is 12.0. The van der Waals surface area contributed by atoms with Crippen LogP contribution in [-0.2, 0) is 11.2 Å². The van der Waals surface area contributed by atoms with Gasteiger partial charge >= 0.3 is 0 Å². The van der Waals surface area contributed by atoms with Crippen LogP contribution in [0, 0.1) is 0 Å². The molecule has 4 nitrogen and oxygen atoms in total. The molecule has 1 aliphatic rings. The molecular weight excluding hydrogens is 250 g/mol. The molecule has 3 rings (SSSR count). The van der Waals surface area contributed by atoms with Crippen molar-refractivity contribution in [3.05, 3.63) is 48.0 Å². The molecule has 3 N–H and O–H groups in total. The molecule has 0 spiro atoms. The molecule has 2 aromatic carbocycles. The third kappa shape index (κ3) is 2.98. The second-order valence-electron chi connectivity index (χ2n) is 5.40. The lowest BCUT2D eigenvalue weighted by molar-refractivity contribution is -0.121. The summed E-state index contributed by atoms with van der Waals surface area (Å²) in [6.07, 6.45) is 1.35. The molecular formula is C16H19N3O. The molecule has 1 aliphatic heterocycles. The predicted octanol–water partition coefficient (Wildman–Crippen LogP) is 1.71. The lowest BCUT2D eigenvalue weighted by Gasteiger charge is -2.12. The van der Waals surface area contributed by atoms with Crippen LogP contribution in [0.5, 0.6) is 0 Å². The Morgan fingerprint density at radius 1 is 1.20 bits per heavy atom. The molecule has 2 aromatic rings. The van der Waals surface area contributed by atoms with Gasteiger partial charge in [-0.3, -0.25) is 10.2 Å². The summed E-state index contributed by atoms with van der Waals surface area (Å²) in [4.78, 5) is 12.0. The van der Waals surface area contributed by atoms with Crippen LogP contribution in [0.15, 0.2) is 42.5 Å². The van der Waals surface area contributed by atoms with Gasteiger partial charge in [0.2, 0.25) is 5.91 Å². The van der Waals surface area contributed by atoms with E-state index in [2.05, 4.69) is 47.4 Å². The van der Waals surface area contributed by atoms with Crippen LogP contribution in [-0.4, -0.2) is 18.1 Å². The minimum absolute atomic E-state index is 0.0259. The first kappa shape index (κ1) is 13.1. The van der Waals surface area contributed by atoms with E-state index in [1.807, 2.05) is 18.2 Å². The van der Waals surface area contributed by atoms with E-state index in [4.69, 9.17) is 0 Å². The average Bonchev–Trinajstić information content (AvgIpc) is 2.83. The van der Waals surface area contributed by atoms with E-state index in [1.165, 1.54) is 10.8 Å². The van der Waals surface area contributed by atoms with E-state index in [-0.39, 0.29) is 12.1 Å². The fraction of sp³-hybridized carbons (Fsp3) is 0.312. The van der Waals surface area contributed by atoms with Crippen molar-refractivity contribution in [2.45, 2.75) is 32.0 Å². The highest BCUT2D eigenvalue weighted by Gasteiger charge is 2.21. The Bertz CT molecular complexity index is 626. The van der Waals surface area contributed by atoms with Crippen LogP contribution in [0.25, 0.3) is 10.8 Å². The summed E-state index contributed by atoms with van der Waals surface area (Å²) in [6, 6.07) is 14.7. The van der Waals surface area contributed by atoms with Crippen LogP contribution in [0.2, 0.25) is 0 Å². The molecule has 2 unspecified atom stereocenters. The van der Waals surface area contributed by atoms with Gasteiger partial charge < -0.3 is 5.32 Å². The van der Waals surface area contributed by atoms with E-state index < -0.39 is 0 Å². The van der Waals surface area contributed by atoms with Crippen molar-refractivity contribution in [1.82, 2.24) is 16.2 Å². The number of nitrogens with one attached hydrogen (secondary N) is 3. The van der Waals surface area contributed by atoms with E-state index in [0.29, 0.717) is 12.5 Å². The first-order valence-electron chi connectivity index (χ1n) is 6.99. The molecule has 0 radical (unpaired) electrons. The molecule has 1 amide bonds. The molecule has 104 valence electrons. The van der Waals surface area contributed by atoms with Crippen molar-refractivity contribution in [3.63, 3.8) is 0 Å². The Morgan fingerprint density at radius 2 is 2.00 bits per heavy atom. The van der Waals surface area contributed by atoms with Gasteiger partial charge in [-0.2, -0.15) is 0 Å². The monoisotopic (exact) mass is 269 g/mol. The quantitative estimate of drug-likeness (QED) is 0.795. The molecule has 1 saturated heterocycles. The van der Waals surface area contributed by atoms with Crippen molar-refractivity contribution in [2.75, 3.05) is 0 Å². The highest BCUT2D eigenvalue weighted by Crippen LogP contribution is 2.16. The number of hydrogen-bond donors (Lipinski definition) is 3. The van der Waals surface area contributed by atoms with Gasteiger partial charge in [0.25, 0.3) is 0 Å². The molecule has 0 aromatic heterocycles. The van der Waals surface area contributed by atoms with Crippen molar-refractivity contribution in [2.24, 2.45) is 0 Å². The number of amides is 1. The SMILES string of the molecule is CC1CC(NC(=O)Cc2ccc3ccccc3c2)NN1. The minimum Gasteiger partial charge on any atom is -0.339 e. The number of carbonyl (C=O) groups excluding carboxylic acids is 1. The van der Waals surface area contributed by atoms with Crippen molar-refractivity contribution < 1.29 is 4.79 Å². The van der Waals surface area contributed by atoms with Gasteiger partial charge in [-0.05, 0) is 29.7 Å². The first-order chi connectivity index (χ1) is 9.70. The molecule has 20 heavy (non-hydrogen) atoms. The molecule has 0 bridgehead atoms. The molecule has 0 aliphatic carbocycles. The topological polar surface area (TPSA) is 53.2 Å². The van der Waals surface area contributed by atoms with Crippen LogP contribution >= 0.6 is 0 Å². The second-order valence-corrected chi connectivity index (χ2v) is 5.40. The number of carbonyl (C=O) groups is 1. The molecule has 0 saturated carbocycles. The van der Waals surface area contributed by atoms with Gasteiger partial charge in [0.05, 0.1) is 12.6 Å². The maximum atomic E-state index is 12.0. The highest BCUT2D eigenvalue weighted by molar-refractivity contribution is 5.85. The third-order valence-electron chi connectivity index (χ3n) is 3.61. The molecule has 1 fully saturated rings. The van der Waals surface area contributed by atoms with Gasteiger partial charge in [0.1, 0.15) is 0 Å². The number of hydrazine groups is 1. The average molecular weight is 269 g/mol. The van der Waals surface area contributed by atoms with Gasteiger partial charge in [0.15, 0.2) is 0 Å². The Labute approximate surface area is 118 Å². The molecule has 4 heteroatoms. The standard InChI is InChI=1S/C16H19N3O/c1-11-8-15(19-18-11)17-16(20)10-12-6-7-13-4-2-3-5-14(13)9-12/h2-7,9,11,15,18-19H,8,10H2,1H3,(H,17,20). The summed E-state index contributed by atoms with van der Waals surface area (Å²) < 4.78 is 0. The number of benzene rings is 2. The summed E-state index contributed by atoms with van der Waals surface area (Å²) in [7, 11) is 0. The van der Waals surface area contributed by atoms with E-state index in [9.17, 15) is 4.79 Å². The number of hydrogen-bond acceptors (Lipinski definition) is 3. The van der Waals surface area contributed by atoms with E-state index in [0.717, 1.165) is 12.0 Å². The Hall–Kier alpha value is -1.91. The number of fused-ring (bicyclic) bond motifs is 1. The largest absolute Gasteiger partial charge is 0.339 e. The molecule has 2 atom stereocenters. The van der Waals surface area contributed by atoms with Crippen molar-refractivity contribution in [1.29, 1.82) is 0 Å². The maximum Gasteiger partial charge on any atom is 0.225 e. The van der Waals surface area contributed by atoms with Crippen LogP contribution in [0.3, 0.4) is 0 Å². The summed E-state index contributed by atoms with van der Waals surface area (Å²) in [5.41, 5.74) is 7.21. The van der Waals surface area contributed by atoms with Gasteiger partial charge in [0, 0.05) is 6.04 Å². The number of rotatable bonds is 3. The summed E-state index contributed by atoms with van der Waals surface area (Å²) in [6.45, 7) is 2.09. The van der Waals surface area contributed by atoms with Crippen LogP contribution in [0.1, 0.15) is 18.9 Å². The lowest BCUT2D eigenvalue weighted by atomic mass is 10.0. The fourth-order valence-corrected chi connectivity index (χ4v) is 2.59. The van der Waals surface area contributed by atoms with E-state index >= 15 is 0 Å².